The topological polar surface area (TPSA) is 49.4 Å². The van der Waals surface area contributed by atoms with Gasteiger partial charge in [0.15, 0.2) is 0 Å². The molecule has 1 heterocycles. The average Bonchev–Trinajstić information content (AvgIpc) is 2.57. The summed E-state index contributed by atoms with van der Waals surface area (Å²) in [5, 5.41) is 2.87. The quantitative estimate of drug-likeness (QED) is 0.807. The molecule has 2 rings (SSSR count). The van der Waals surface area contributed by atoms with Crippen LogP contribution in [0, 0.1) is 11.8 Å². The lowest BCUT2D eigenvalue weighted by molar-refractivity contribution is -0.148. The Labute approximate surface area is 122 Å². The zero-order valence-corrected chi connectivity index (χ0v) is 13.0. The molecule has 1 saturated heterocycles. The minimum absolute atomic E-state index is 0.00620. The molecule has 4 nitrogen and oxygen atoms in total. The van der Waals surface area contributed by atoms with Crippen molar-refractivity contribution in [2.45, 2.75) is 71.4 Å². The summed E-state index contributed by atoms with van der Waals surface area (Å²) < 4.78 is 0. The highest BCUT2D eigenvalue weighted by atomic mass is 16.2. The van der Waals surface area contributed by atoms with Crippen molar-refractivity contribution in [1.82, 2.24) is 10.2 Å². The van der Waals surface area contributed by atoms with Crippen LogP contribution in [0.2, 0.25) is 0 Å². The number of nitrogens with one attached hydrogen (secondary N) is 1. The fourth-order valence-electron chi connectivity index (χ4n) is 3.58. The van der Waals surface area contributed by atoms with Crippen molar-refractivity contribution in [1.29, 1.82) is 0 Å². The summed E-state index contributed by atoms with van der Waals surface area (Å²) in [6.07, 6.45) is 6.64. The summed E-state index contributed by atoms with van der Waals surface area (Å²) in [5.74, 6) is 1.06. The predicted octanol–water partition coefficient (Wildman–Crippen LogP) is 2.33. The molecule has 3 unspecified atom stereocenters. The number of rotatable bonds is 3. The van der Waals surface area contributed by atoms with Gasteiger partial charge >= 0.3 is 0 Å². The van der Waals surface area contributed by atoms with Gasteiger partial charge in [-0.1, -0.05) is 40.0 Å². The van der Waals surface area contributed by atoms with Crippen LogP contribution >= 0.6 is 0 Å². The lowest BCUT2D eigenvalue weighted by atomic mass is 9.92. The van der Waals surface area contributed by atoms with E-state index in [1.54, 1.807) is 0 Å². The molecule has 2 aliphatic rings. The maximum atomic E-state index is 12.7. The number of hydrogen-bond acceptors (Lipinski definition) is 2. The Kier molecular flexibility index (Phi) is 5.06. The maximum Gasteiger partial charge on any atom is 0.245 e. The molecule has 0 aromatic heterocycles. The minimum Gasteiger partial charge on any atom is -0.343 e. The molecule has 1 saturated carbocycles. The fraction of sp³-hybridized carbons (Fsp3) is 0.875. The van der Waals surface area contributed by atoms with Crippen LogP contribution in [0.15, 0.2) is 0 Å². The van der Waals surface area contributed by atoms with Crippen LogP contribution in [0.25, 0.3) is 0 Å². The van der Waals surface area contributed by atoms with Gasteiger partial charge in [-0.3, -0.25) is 9.59 Å². The van der Waals surface area contributed by atoms with E-state index in [-0.39, 0.29) is 30.4 Å². The van der Waals surface area contributed by atoms with E-state index in [9.17, 15) is 9.59 Å². The molecule has 20 heavy (non-hydrogen) atoms. The van der Waals surface area contributed by atoms with E-state index in [4.69, 9.17) is 0 Å². The van der Waals surface area contributed by atoms with Gasteiger partial charge in [0.25, 0.3) is 0 Å². The molecule has 1 N–H and O–H groups in total. The number of carbonyl (C=O) groups is 2. The third-order valence-electron chi connectivity index (χ3n) is 4.65. The number of hydrogen-bond donors (Lipinski definition) is 1. The van der Waals surface area contributed by atoms with Crippen molar-refractivity contribution in [3.8, 4) is 0 Å². The largest absolute Gasteiger partial charge is 0.343 e. The molecule has 0 spiro atoms. The number of amides is 2. The van der Waals surface area contributed by atoms with Gasteiger partial charge in [-0.2, -0.15) is 0 Å². The molecule has 1 aliphatic heterocycles. The number of carbonyl (C=O) groups excluding carboxylic acids is 2. The van der Waals surface area contributed by atoms with Gasteiger partial charge in [-0.25, -0.2) is 0 Å². The van der Waals surface area contributed by atoms with Gasteiger partial charge in [0, 0.05) is 6.04 Å². The molecule has 0 radical (unpaired) electrons. The summed E-state index contributed by atoms with van der Waals surface area (Å²) in [5.41, 5.74) is 0. The van der Waals surface area contributed by atoms with E-state index in [1.807, 2.05) is 4.90 Å². The normalized spacial score (nSPS) is 32.2. The van der Waals surface area contributed by atoms with Crippen molar-refractivity contribution in [2.75, 3.05) is 6.54 Å². The Morgan fingerprint density at radius 1 is 1.20 bits per heavy atom. The van der Waals surface area contributed by atoms with Crippen molar-refractivity contribution >= 4 is 11.8 Å². The molecule has 1 aliphatic carbocycles. The molecule has 4 heteroatoms. The predicted molar refractivity (Wildman–Crippen MR) is 79.1 cm³/mol. The second-order valence-corrected chi connectivity index (χ2v) is 6.90. The van der Waals surface area contributed by atoms with E-state index in [1.165, 1.54) is 25.7 Å². The first kappa shape index (κ1) is 15.3. The SMILES string of the molecule is CC(C)CC1NC(=O)CN(C2CCCCCC2C)C1=O. The maximum absolute atomic E-state index is 12.7. The molecule has 114 valence electrons. The van der Waals surface area contributed by atoms with Gasteiger partial charge in [-0.05, 0) is 31.1 Å². The molecule has 2 amide bonds. The molecule has 0 aromatic carbocycles. The smallest absolute Gasteiger partial charge is 0.245 e. The monoisotopic (exact) mass is 280 g/mol. The molecule has 0 aromatic rings. The lowest BCUT2D eigenvalue weighted by Gasteiger charge is -2.40. The van der Waals surface area contributed by atoms with Crippen LogP contribution in [0.5, 0.6) is 0 Å². The Morgan fingerprint density at radius 3 is 2.60 bits per heavy atom. The first-order valence-corrected chi connectivity index (χ1v) is 8.09. The Bertz CT molecular complexity index is 367. The van der Waals surface area contributed by atoms with Crippen molar-refractivity contribution in [3.63, 3.8) is 0 Å². The third kappa shape index (κ3) is 3.53. The van der Waals surface area contributed by atoms with Crippen molar-refractivity contribution in [2.24, 2.45) is 11.8 Å². The third-order valence-corrected chi connectivity index (χ3v) is 4.65. The molecular weight excluding hydrogens is 252 g/mol. The second kappa shape index (κ2) is 6.59. The molecule has 3 atom stereocenters. The zero-order valence-electron chi connectivity index (χ0n) is 13.0. The van der Waals surface area contributed by atoms with E-state index in [2.05, 4.69) is 26.1 Å². The molecule has 2 fully saturated rings. The van der Waals surface area contributed by atoms with Gasteiger partial charge in [0.05, 0.1) is 6.54 Å². The van der Waals surface area contributed by atoms with Gasteiger partial charge in [-0.15, -0.1) is 0 Å². The summed E-state index contributed by atoms with van der Waals surface area (Å²) >= 11 is 0. The number of nitrogens with zero attached hydrogens (tertiary/aromatic N) is 1. The first-order chi connectivity index (χ1) is 9.49. The average molecular weight is 280 g/mol. The Balaban J connectivity index is 2.11. The molecule has 0 bridgehead atoms. The van der Waals surface area contributed by atoms with Gasteiger partial charge in [0.2, 0.25) is 11.8 Å². The number of piperazine rings is 1. The second-order valence-electron chi connectivity index (χ2n) is 6.90. The van der Waals surface area contributed by atoms with Gasteiger partial charge < -0.3 is 10.2 Å². The standard InChI is InChI=1S/C16H28N2O2/c1-11(2)9-13-16(20)18(10-15(19)17-13)14-8-6-4-5-7-12(14)3/h11-14H,4-10H2,1-3H3,(H,17,19). The van der Waals surface area contributed by atoms with Crippen LogP contribution in [0.4, 0.5) is 0 Å². The van der Waals surface area contributed by atoms with Crippen LogP contribution < -0.4 is 5.32 Å². The van der Waals surface area contributed by atoms with Gasteiger partial charge in [0.1, 0.15) is 6.04 Å². The first-order valence-electron chi connectivity index (χ1n) is 8.09. The van der Waals surface area contributed by atoms with Crippen LogP contribution in [0.1, 0.15) is 59.3 Å². The summed E-state index contributed by atoms with van der Waals surface area (Å²) in [6.45, 7) is 6.66. The lowest BCUT2D eigenvalue weighted by Crippen LogP contribution is -2.61. The van der Waals surface area contributed by atoms with Crippen LogP contribution in [0.3, 0.4) is 0 Å². The Morgan fingerprint density at radius 2 is 1.90 bits per heavy atom. The van der Waals surface area contributed by atoms with E-state index < -0.39 is 0 Å². The molecular formula is C16H28N2O2. The fourth-order valence-corrected chi connectivity index (χ4v) is 3.58. The summed E-state index contributed by atoms with van der Waals surface area (Å²) in [7, 11) is 0. The summed E-state index contributed by atoms with van der Waals surface area (Å²) in [6, 6.07) is -0.0579. The highest BCUT2D eigenvalue weighted by molar-refractivity contribution is 5.95. The van der Waals surface area contributed by atoms with Crippen LogP contribution in [-0.2, 0) is 9.59 Å². The van der Waals surface area contributed by atoms with E-state index in [0.29, 0.717) is 11.8 Å². The highest BCUT2D eigenvalue weighted by Crippen LogP contribution is 2.28. The van der Waals surface area contributed by atoms with E-state index in [0.717, 1.165) is 12.8 Å². The van der Waals surface area contributed by atoms with E-state index >= 15 is 0 Å². The Hall–Kier alpha value is -1.06. The van der Waals surface area contributed by atoms with Crippen molar-refractivity contribution < 1.29 is 9.59 Å². The van der Waals surface area contributed by atoms with Crippen LogP contribution in [-0.4, -0.2) is 35.3 Å². The summed E-state index contributed by atoms with van der Waals surface area (Å²) in [4.78, 5) is 26.5. The van der Waals surface area contributed by atoms with Crippen molar-refractivity contribution in [3.05, 3.63) is 0 Å². The zero-order chi connectivity index (χ0) is 14.7. The minimum atomic E-state index is -0.313. The highest BCUT2D eigenvalue weighted by Gasteiger charge is 2.38.